The van der Waals surface area contributed by atoms with Crippen molar-refractivity contribution in [2.45, 2.75) is 26.2 Å². The van der Waals surface area contributed by atoms with Crippen LogP contribution >= 0.6 is 0 Å². The molecule has 16 heavy (non-hydrogen) atoms. The predicted octanol–water partition coefficient (Wildman–Crippen LogP) is 2.52. The third-order valence-electron chi connectivity index (χ3n) is 3.30. The zero-order valence-electron chi connectivity index (χ0n) is 9.94. The van der Waals surface area contributed by atoms with E-state index >= 15 is 0 Å². The van der Waals surface area contributed by atoms with Crippen LogP contribution in [0.3, 0.4) is 0 Å². The van der Waals surface area contributed by atoms with Gasteiger partial charge in [-0.2, -0.15) is 0 Å². The molecule has 0 unspecified atom stereocenters. The Balaban J connectivity index is 1.99. The highest BCUT2D eigenvalue weighted by atomic mass is 16.1. The molecule has 0 amide bonds. The van der Waals surface area contributed by atoms with E-state index < -0.39 is 0 Å². The summed E-state index contributed by atoms with van der Waals surface area (Å²) in [5.41, 5.74) is 0.681. The summed E-state index contributed by atoms with van der Waals surface area (Å²) in [5.74, 6) is 1.86. The molecule has 1 fully saturated rings. The smallest absolute Gasteiger partial charge is 0.161 e. The lowest BCUT2D eigenvalue weighted by atomic mass is 9.85. The van der Waals surface area contributed by atoms with Crippen molar-refractivity contribution in [2.75, 3.05) is 18.5 Å². The van der Waals surface area contributed by atoms with Crippen LogP contribution in [-0.4, -0.2) is 24.4 Å². The van der Waals surface area contributed by atoms with Gasteiger partial charge in [-0.15, -0.1) is 0 Å². The quantitative estimate of drug-likeness (QED) is 0.728. The van der Waals surface area contributed by atoms with Gasteiger partial charge in [0.05, 0.1) is 0 Å². The molecule has 86 valence electrons. The second-order valence-corrected chi connectivity index (χ2v) is 4.64. The van der Waals surface area contributed by atoms with Gasteiger partial charge in [0.1, 0.15) is 5.82 Å². The van der Waals surface area contributed by atoms with E-state index in [1.165, 1.54) is 19.3 Å². The van der Waals surface area contributed by atoms with Crippen molar-refractivity contribution in [1.29, 1.82) is 0 Å². The molecule has 0 aliphatic heterocycles. The molecule has 0 N–H and O–H groups in total. The summed E-state index contributed by atoms with van der Waals surface area (Å²) < 4.78 is 0. The number of hydrogen-bond donors (Lipinski definition) is 0. The molecule has 1 saturated carbocycles. The van der Waals surface area contributed by atoms with Crippen LogP contribution in [0.1, 0.15) is 36.5 Å². The van der Waals surface area contributed by atoms with Gasteiger partial charge in [-0.05, 0) is 37.8 Å². The maximum Gasteiger partial charge on any atom is 0.161 e. The minimum Gasteiger partial charge on any atom is -0.359 e. The van der Waals surface area contributed by atoms with Crippen LogP contribution in [0.15, 0.2) is 18.3 Å². The third-order valence-corrected chi connectivity index (χ3v) is 3.30. The second-order valence-electron chi connectivity index (χ2n) is 4.64. The van der Waals surface area contributed by atoms with Crippen molar-refractivity contribution in [3.05, 3.63) is 23.9 Å². The Hall–Kier alpha value is -1.38. The van der Waals surface area contributed by atoms with E-state index in [0.717, 1.165) is 18.3 Å². The molecule has 0 radical (unpaired) electrons. The van der Waals surface area contributed by atoms with Gasteiger partial charge in [-0.1, -0.05) is 6.42 Å². The van der Waals surface area contributed by atoms with E-state index in [1.807, 2.05) is 12.1 Å². The number of anilines is 1. The van der Waals surface area contributed by atoms with Crippen LogP contribution < -0.4 is 4.90 Å². The van der Waals surface area contributed by atoms with Crippen LogP contribution in [0.25, 0.3) is 0 Å². The van der Waals surface area contributed by atoms with Gasteiger partial charge in [-0.25, -0.2) is 4.98 Å². The average molecular weight is 218 g/mol. The summed E-state index contributed by atoms with van der Waals surface area (Å²) in [6.45, 7) is 2.64. The molecule has 1 heterocycles. The van der Waals surface area contributed by atoms with Crippen LogP contribution in [0, 0.1) is 5.92 Å². The molecular weight excluding hydrogens is 200 g/mol. The lowest BCUT2D eigenvalue weighted by molar-refractivity contribution is 0.101. The number of hydrogen-bond acceptors (Lipinski definition) is 3. The van der Waals surface area contributed by atoms with E-state index in [0.29, 0.717) is 5.56 Å². The zero-order chi connectivity index (χ0) is 11.5. The number of rotatable bonds is 4. The number of ketones is 1. The fourth-order valence-electron chi connectivity index (χ4n) is 1.98. The lowest BCUT2D eigenvalue weighted by Crippen LogP contribution is -2.29. The molecule has 0 bridgehead atoms. The number of carbonyl (C=O) groups excluding carboxylic acids is 1. The van der Waals surface area contributed by atoms with Gasteiger partial charge in [0, 0.05) is 25.4 Å². The largest absolute Gasteiger partial charge is 0.359 e. The minimum absolute atomic E-state index is 0.0701. The Morgan fingerprint density at radius 3 is 2.69 bits per heavy atom. The van der Waals surface area contributed by atoms with Gasteiger partial charge in [0.15, 0.2) is 5.78 Å². The molecule has 0 saturated heterocycles. The first-order valence-electron chi connectivity index (χ1n) is 5.85. The standard InChI is InChI=1S/C13H18N2O/c1-10(16)12-6-7-13(14-8-12)15(2)9-11-4-3-5-11/h6-8,11H,3-5,9H2,1-2H3. The van der Waals surface area contributed by atoms with Crippen molar-refractivity contribution >= 4 is 11.6 Å². The van der Waals surface area contributed by atoms with Gasteiger partial charge >= 0.3 is 0 Å². The Labute approximate surface area is 96.5 Å². The molecule has 1 aromatic heterocycles. The van der Waals surface area contributed by atoms with Crippen LogP contribution in [0.2, 0.25) is 0 Å². The maximum absolute atomic E-state index is 11.1. The fourth-order valence-corrected chi connectivity index (χ4v) is 1.98. The summed E-state index contributed by atoms with van der Waals surface area (Å²) in [6.07, 6.45) is 5.72. The number of Topliss-reactive ketones (excluding diaryl/α,β-unsaturated/α-hetero) is 1. The van der Waals surface area contributed by atoms with Crippen LogP contribution in [0.5, 0.6) is 0 Å². The fraction of sp³-hybridized carbons (Fsp3) is 0.538. The highest BCUT2D eigenvalue weighted by Gasteiger charge is 2.19. The predicted molar refractivity (Wildman–Crippen MR) is 64.9 cm³/mol. The molecule has 1 aromatic rings. The van der Waals surface area contributed by atoms with Crippen molar-refractivity contribution in [2.24, 2.45) is 5.92 Å². The molecule has 0 spiro atoms. The van der Waals surface area contributed by atoms with Gasteiger partial charge in [0.2, 0.25) is 0 Å². The van der Waals surface area contributed by atoms with Crippen molar-refractivity contribution in [3.63, 3.8) is 0 Å². The second kappa shape index (κ2) is 4.64. The summed E-state index contributed by atoms with van der Waals surface area (Å²) >= 11 is 0. The molecule has 1 aliphatic rings. The molecule has 1 aliphatic carbocycles. The summed E-state index contributed by atoms with van der Waals surface area (Å²) in [5, 5.41) is 0. The van der Waals surface area contributed by atoms with Crippen LogP contribution in [0.4, 0.5) is 5.82 Å². The Morgan fingerprint density at radius 2 is 2.25 bits per heavy atom. The minimum atomic E-state index is 0.0701. The highest BCUT2D eigenvalue weighted by molar-refractivity contribution is 5.93. The summed E-state index contributed by atoms with van der Waals surface area (Å²) in [4.78, 5) is 17.6. The maximum atomic E-state index is 11.1. The Bertz CT molecular complexity index is 368. The molecule has 2 rings (SSSR count). The number of pyridine rings is 1. The van der Waals surface area contributed by atoms with E-state index in [-0.39, 0.29) is 5.78 Å². The highest BCUT2D eigenvalue weighted by Crippen LogP contribution is 2.27. The topological polar surface area (TPSA) is 33.2 Å². The van der Waals surface area contributed by atoms with Crippen molar-refractivity contribution < 1.29 is 4.79 Å². The van der Waals surface area contributed by atoms with Crippen molar-refractivity contribution in [3.8, 4) is 0 Å². The molecular formula is C13H18N2O. The first-order chi connectivity index (χ1) is 7.66. The SMILES string of the molecule is CC(=O)c1ccc(N(C)CC2CCC2)nc1. The molecule has 0 aromatic carbocycles. The number of nitrogens with zero attached hydrogens (tertiary/aromatic N) is 2. The average Bonchev–Trinajstić information content (AvgIpc) is 2.23. The van der Waals surface area contributed by atoms with Crippen LogP contribution in [-0.2, 0) is 0 Å². The Kier molecular flexibility index (Phi) is 3.22. The Morgan fingerprint density at radius 1 is 1.50 bits per heavy atom. The third kappa shape index (κ3) is 2.40. The normalized spacial score (nSPS) is 15.6. The van der Waals surface area contributed by atoms with E-state index in [2.05, 4.69) is 16.9 Å². The summed E-state index contributed by atoms with van der Waals surface area (Å²) in [7, 11) is 2.06. The molecule has 3 heteroatoms. The first-order valence-corrected chi connectivity index (χ1v) is 5.85. The van der Waals surface area contributed by atoms with E-state index in [4.69, 9.17) is 0 Å². The number of aromatic nitrogens is 1. The molecule has 3 nitrogen and oxygen atoms in total. The first kappa shape index (κ1) is 11.1. The summed E-state index contributed by atoms with van der Waals surface area (Å²) in [6, 6.07) is 3.78. The lowest BCUT2D eigenvalue weighted by Gasteiger charge is -2.30. The van der Waals surface area contributed by atoms with Gasteiger partial charge in [-0.3, -0.25) is 4.79 Å². The zero-order valence-corrected chi connectivity index (χ0v) is 9.94. The van der Waals surface area contributed by atoms with Crippen molar-refractivity contribution in [1.82, 2.24) is 4.98 Å². The van der Waals surface area contributed by atoms with Gasteiger partial charge in [0.25, 0.3) is 0 Å². The monoisotopic (exact) mass is 218 g/mol. The number of carbonyl (C=O) groups is 1. The molecule has 0 atom stereocenters. The van der Waals surface area contributed by atoms with E-state index in [9.17, 15) is 4.79 Å². The van der Waals surface area contributed by atoms with E-state index in [1.54, 1.807) is 13.1 Å². The van der Waals surface area contributed by atoms with Gasteiger partial charge < -0.3 is 4.90 Å².